The van der Waals surface area contributed by atoms with Gasteiger partial charge in [0, 0.05) is 31.7 Å². The molecule has 1 aromatic rings. The van der Waals surface area contributed by atoms with Gasteiger partial charge in [0.25, 0.3) is 0 Å². The van der Waals surface area contributed by atoms with Gasteiger partial charge in [-0.15, -0.1) is 0 Å². The number of hydrogen-bond acceptors (Lipinski definition) is 4. The largest absolute Gasteiger partial charge is 0.336 e. The molecule has 3 rings (SSSR count). The lowest BCUT2D eigenvalue weighted by atomic mass is 10.1. The molecule has 2 aliphatic heterocycles. The van der Waals surface area contributed by atoms with Gasteiger partial charge in [-0.05, 0) is 26.3 Å². The fourth-order valence-electron chi connectivity index (χ4n) is 3.34. The zero-order chi connectivity index (χ0) is 15.9. The van der Waals surface area contributed by atoms with Gasteiger partial charge in [-0.25, -0.2) is 4.79 Å². The first-order valence-corrected chi connectivity index (χ1v) is 7.88. The third-order valence-electron chi connectivity index (χ3n) is 4.39. The van der Waals surface area contributed by atoms with E-state index < -0.39 is 0 Å². The first-order chi connectivity index (χ1) is 10.5. The van der Waals surface area contributed by atoms with E-state index in [1.54, 1.807) is 4.68 Å². The average molecular weight is 326 g/mol. The van der Waals surface area contributed by atoms with Crippen molar-refractivity contribution in [1.29, 1.82) is 0 Å². The van der Waals surface area contributed by atoms with Crippen molar-refractivity contribution < 1.29 is 9.59 Å². The number of amides is 3. The van der Waals surface area contributed by atoms with Crippen LogP contribution in [0, 0.1) is 6.92 Å². The lowest BCUT2D eigenvalue weighted by molar-refractivity contribution is -0.129. The highest BCUT2D eigenvalue weighted by Crippen LogP contribution is 2.37. The topological polar surface area (TPSA) is 70.5 Å². The molecule has 22 heavy (non-hydrogen) atoms. The number of halogens is 1. The SMILES string of the molecule is Cc1nn(C)c(Cl)c1[C@H]1CCCN1CC(=O)N1CCNC1=O. The molecule has 3 heterocycles. The number of carbonyl (C=O) groups excluding carboxylic acids is 2. The summed E-state index contributed by atoms with van der Waals surface area (Å²) in [5.41, 5.74) is 1.90. The number of carbonyl (C=O) groups is 2. The van der Waals surface area contributed by atoms with E-state index in [1.807, 2.05) is 14.0 Å². The third kappa shape index (κ3) is 2.59. The summed E-state index contributed by atoms with van der Waals surface area (Å²) in [4.78, 5) is 27.3. The molecule has 120 valence electrons. The second-order valence-corrected chi connectivity index (χ2v) is 6.18. The summed E-state index contributed by atoms with van der Waals surface area (Å²) in [6.07, 6.45) is 1.96. The average Bonchev–Trinajstić information content (AvgIpc) is 3.13. The van der Waals surface area contributed by atoms with E-state index in [2.05, 4.69) is 15.3 Å². The molecule has 1 N–H and O–H groups in total. The number of urea groups is 1. The molecule has 2 saturated heterocycles. The number of likely N-dealkylation sites (tertiary alicyclic amines) is 1. The Balaban J connectivity index is 1.76. The van der Waals surface area contributed by atoms with Gasteiger partial charge in [-0.2, -0.15) is 5.10 Å². The van der Waals surface area contributed by atoms with Crippen molar-refractivity contribution in [2.75, 3.05) is 26.2 Å². The van der Waals surface area contributed by atoms with Crippen molar-refractivity contribution in [3.05, 3.63) is 16.4 Å². The van der Waals surface area contributed by atoms with Gasteiger partial charge in [-0.3, -0.25) is 19.3 Å². The highest BCUT2D eigenvalue weighted by atomic mass is 35.5. The van der Waals surface area contributed by atoms with Gasteiger partial charge in [0.1, 0.15) is 5.15 Å². The maximum Gasteiger partial charge on any atom is 0.324 e. The summed E-state index contributed by atoms with van der Waals surface area (Å²) in [5, 5.41) is 7.64. The molecule has 3 amide bonds. The third-order valence-corrected chi connectivity index (χ3v) is 4.84. The summed E-state index contributed by atoms with van der Waals surface area (Å²) >= 11 is 6.36. The molecule has 8 heteroatoms. The fourth-order valence-corrected chi connectivity index (χ4v) is 3.64. The summed E-state index contributed by atoms with van der Waals surface area (Å²) in [6, 6.07) is -0.202. The molecule has 7 nitrogen and oxygen atoms in total. The van der Waals surface area contributed by atoms with Crippen LogP contribution in [0.4, 0.5) is 4.79 Å². The van der Waals surface area contributed by atoms with E-state index in [0.29, 0.717) is 18.2 Å². The van der Waals surface area contributed by atoms with Crippen molar-refractivity contribution in [2.24, 2.45) is 7.05 Å². The predicted octanol–water partition coefficient (Wildman–Crippen LogP) is 1.07. The Morgan fingerprint density at radius 2 is 2.23 bits per heavy atom. The molecule has 0 radical (unpaired) electrons. The zero-order valence-corrected chi connectivity index (χ0v) is 13.6. The van der Waals surface area contributed by atoms with E-state index in [-0.39, 0.29) is 24.5 Å². The molecule has 0 bridgehead atoms. The van der Waals surface area contributed by atoms with Gasteiger partial charge in [-0.1, -0.05) is 11.6 Å². The second-order valence-electron chi connectivity index (χ2n) is 5.82. The molecular formula is C14H20ClN5O2. The number of aromatic nitrogens is 2. The summed E-state index contributed by atoms with van der Waals surface area (Å²) in [6.45, 7) is 3.98. The lowest BCUT2D eigenvalue weighted by Crippen LogP contribution is -2.41. The van der Waals surface area contributed by atoms with Crippen LogP contribution < -0.4 is 5.32 Å². The first kappa shape index (κ1) is 15.3. The van der Waals surface area contributed by atoms with Crippen LogP contribution in [0.5, 0.6) is 0 Å². The molecule has 0 spiro atoms. The number of nitrogens with zero attached hydrogens (tertiary/aromatic N) is 4. The normalized spacial score (nSPS) is 22.4. The van der Waals surface area contributed by atoms with Crippen molar-refractivity contribution in [2.45, 2.75) is 25.8 Å². The van der Waals surface area contributed by atoms with Gasteiger partial charge < -0.3 is 5.32 Å². The van der Waals surface area contributed by atoms with Gasteiger partial charge >= 0.3 is 6.03 Å². The quantitative estimate of drug-likeness (QED) is 0.902. The van der Waals surface area contributed by atoms with Crippen LogP contribution >= 0.6 is 11.6 Å². The zero-order valence-electron chi connectivity index (χ0n) is 12.8. The first-order valence-electron chi connectivity index (χ1n) is 7.50. The fraction of sp³-hybridized carbons (Fsp3) is 0.643. The van der Waals surface area contributed by atoms with Crippen LogP contribution in [0.15, 0.2) is 0 Å². The maximum atomic E-state index is 12.3. The van der Waals surface area contributed by atoms with Crippen LogP contribution in [-0.4, -0.2) is 57.7 Å². The molecule has 0 saturated carbocycles. The van der Waals surface area contributed by atoms with Crippen molar-refractivity contribution >= 4 is 23.5 Å². The number of rotatable bonds is 3. The van der Waals surface area contributed by atoms with Crippen molar-refractivity contribution in [3.63, 3.8) is 0 Å². The van der Waals surface area contributed by atoms with Gasteiger partial charge in [0.05, 0.1) is 12.2 Å². The Bertz CT molecular complexity index is 615. The standard InChI is InChI=1S/C14H20ClN5O2/c1-9-12(13(15)18(2)17-9)10-4-3-6-19(10)8-11(21)20-7-5-16-14(20)22/h10H,3-8H2,1-2H3,(H,16,22)/t10-/m1/s1. The smallest absolute Gasteiger partial charge is 0.324 e. The maximum absolute atomic E-state index is 12.3. The molecule has 1 atom stereocenters. The van der Waals surface area contributed by atoms with E-state index in [0.717, 1.165) is 30.6 Å². The number of hydrogen-bond donors (Lipinski definition) is 1. The van der Waals surface area contributed by atoms with Gasteiger partial charge in [0.2, 0.25) is 5.91 Å². The number of nitrogens with one attached hydrogen (secondary N) is 1. The van der Waals surface area contributed by atoms with Crippen LogP contribution in [0.25, 0.3) is 0 Å². The molecule has 2 aliphatic rings. The minimum Gasteiger partial charge on any atom is -0.336 e. The van der Waals surface area contributed by atoms with E-state index in [9.17, 15) is 9.59 Å². The van der Waals surface area contributed by atoms with E-state index in [1.165, 1.54) is 4.90 Å². The highest BCUT2D eigenvalue weighted by molar-refractivity contribution is 6.30. The van der Waals surface area contributed by atoms with Crippen LogP contribution in [0.3, 0.4) is 0 Å². The minimum atomic E-state index is -0.295. The molecular weight excluding hydrogens is 306 g/mol. The van der Waals surface area contributed by atoms with Crippen molar-refractivity contribution in [1.82, 2.24) is 24.9 Å². The number of imide groups is 1. The second kappa shape index (κ2) is 5.89. The Morgan fingerprint density at radius 1 is 1.45 bits per heavy atom. The summed E-state index contributed by atoms with van der Waals surface area (Å²) < 4.78 is 1.67. The summed E-state index contributed by atoms with van der Waals surface area (Å²) in [5.74, 6) is -0.153. The minimum absolute atomic E-state index is 0.0933. The summed E-state index contributed by atoms with van der Waals surface area (Å²) in [7, 11) is 1.82. The van der Waals surface area contributed by atoms with Crippen molar-refractivity contribution in [3.8, 4) is 0 Å². The van der Waals surface area contributed by atoms with E-state index in [4.69, 9.17) is 11.6 Å². The Hall–Kier alpha value is -1.60. The highest BCUT2D eigenvalue weighted by Gasteiger charge is 2.34. The Kier molecular flexibility index (Phi) is 4.10. The number of aryl methyl sites for hydroxylation is 2. The van der Waals surface area contributed by atoms with Crippen LogP contribution in [-0.2, 0) is 11.8 Å². The molecule has 2 fully saturated rings. The molecule has 0 unspecified atom stereocenters. The lowest BCUT2D eigenvalue weighted by Gasteiger charge is -2.25. The molecule has 1 aromatic heterocycles. The predicted molar refractivity (Wildman–Crippen MR) is 81.6 cm³/mol. The van der Waals surface area contributed by atoms with E-state index >= 15 is 0 Å². The van der Waals surface area contributed by atoms with Gasteiger partial charge in [0.15, 0.2) is 0 Å². The molecule has 0 aromatic carbocycles. The van der Waals surface area contributed by atoms with Crippen LogP contribution in [0.1, 0.15) is 30.1 Å². The Morgan fingerprint density at radius 3 is 2.82 bits per heavy atom. The monoisotopic (exact) mass is 325 g/mol. The Labute approximate surface area is 134 Å². The molecule has 0 aliphatic carbocycles. The van der Waals surface area contributed by atoms with Crippen LogP contribution in [0.2, 0.25) is 5.15 Å².